The number of ether oxygens (including phenoxy) is 2. The summed E-state index contributed by atoms with van der Waals surface area (Å²) >= 11 is 0. The minimum atomic E-state index is -4.02. The van der Waals surface area contributed by atoms with Gasteiger partial charge in [0.05, 0.1) is 41.7 Å². The number of furan rings is 2. The summed E-state index contributed by atoms with van der Waals surface area (Å²) in [5.74, 6) is -0.833. The van der Waals surface area contributed by atoms with Gasteiger partial charge in [-0.25, -0.2) is 9.59 Å². The molecule has 0 saturated carbocycles. The SMILES string of the molecule is C=CCN(CCOS(=O)(=O)c1ccc(C)cc1)C(=O)OCc1ccc([N+](=O)[O-])o1.Cc1ccc(S(=O)(=O)OCCN(CC=O)C(=O)OCc2ccc([N+](=O)[O-])o2)cc1. The van der Waals surface area contributed by atoms with Gasteiger partial charge in [0.15, 0.2) is 13.2 Å². The predicted octanol–water partition coefficient (Wildman–Crippen LogP) is 5.07. The standard InChI is InChI=1S/C18H20N2O8S.C17H18N2O9S/c1-3-10-19(18(21)26-13-15-6-9-17(28-15)20(22)23)11-12-27-29(24,25)16-7-4-14(2)5-8-16;1-13-2-5-15(6-3-13)29(24,25)27-11-9-18(8-10-20)17(21)26-12-14-4-7-16(28-14)19(22)23/h3-9H,1,10-13H2,2H3;2-7,10H,8-9,11-12H2,1H3. The van der Waals surface area contributed by atoms with Crippen molar-refractivity contribution in [1.82, 2.24) is 9.80 Å². The number of nitro groups is 2. The van der Waals surface area contributed by atoms with Gasteiger partial charge in [0.2, 0.25) is 0 Å². The van der Waals surface area contributed by atoms with Crippen molar-refractivity contribution in [3.8, 4) is 0 Å². The van der Waals surface area contributed by atoms with Gasteiger partial charge in [0, 0.05) is 19.6 Å². The van der Waals surface area contributed by atoms with E-state index in [1.165, 1.54) is 47.4 Å². The number of carbonyl (C=O) groups is 3. The third-order valence-corrected chi connectivity index (χ3v) is 9.96. The molecule has 2 aromatic heterocycles. The Morgan fingerprint density at radius 2 is 1.05 bits per heavy atom. The van der Waals surface area contributed by atoms with E-state index in [1.54, 1.807) is 31.2 Å². The highest BCUT2D eigenvalue weighted by atomic mass is 32.2. The lowest BCUT2D eigenvalue weighted by atomic mass is 10.2. The first kappa shape index (κ1) is 46.0. The van der Waals surface area contributed by atoms with Crippen LogP contribution in [0.1, 0.15) is 22.6 Å². The van der Waals surface area contributed by atoms with Gasteiger partial charge in [0.25, 0.3) is 20.2 Å². The number of carbonyl (C=O) groups excluding carboxylic acids is 3. The van der Waals surface area contributed by atoms with Crippen LogP contribution < -0.4 is 0 Å². The van der Waals surface area contributed by atoms with Crippen molar-refractivity contribution in [3.63, 3.8) is 0 Å². The van der Waals surface area contributed by atoms with E-state index in [0.717, 1.165) is 28.2 Å². The largest absolute Gasteiger partial charge is 0.441 e. The Hall–Kier alpha value is -6.43. The zero-order chi connectivity index (χ0) is 42.9. The Bertz CT molecular complexity index is 2090. The van der Waals surface area contributed by atoms with Crippen molar-refractivity contribution in [1.29, 1.82) is 0 Å². The molecular weight excluding hydrogens is 813 g/mol. The second-order valence-electron chi connectivity index (χ2n) is 11.6. The van der Waals surface area contributed by atoms with Crippen molar-refractivity contribution in [2.45, 2.75) is 36.9 Å². The van der Waals surface area contributed by atoms with Crippen LogP contribution in [0.25, 0.3) is 0 Å². The van der Waals surface area contributed by atoms with Gasteiger partial charge in [-0.3, -0.25) is 33.5 Å². The van der Waals surface area contributed by atoms with Gasteiger partial charge in [-0.15, -0.1) is 6.58 Å². The Kier molecular flexibility index (Phi) is 17.2. The fraction of sp³-hybridized carbons (Fsp3) is 0.286. The summed E-state index contributed by atoms with van der Waals surface area (Å²) in [6, 6.07) is 17.0. The van der Waals surface area contributed by atoms with Crippen LogP contribution >= 0.6 is 0 Å². The topological polar surface area (TPSA) is 275 Å². The van der Waals surface area contributed by atoms with Crippen molar-refractivity contribution in [2.24, 2.45) is 0 Å². The number of aldehydes is 1. The van der Waals surface area contributed by atoms with Gasteiger partial charge in [-0.05, 0) is 50.2 Å². The van der Waals surface area contributed by atoms with E-state index in [9.17, 15) is 51.4 Å². The minimum absolute atomic E-state index is 0.0142. The molecule has 0 fully saturated rings. The molecule has 0 saturated heterocycles. The smallest absolute Gasteiger partial charge is 0.433 e. The third-order valence-electron chi connectivity index (χ3n) is 7.31. The van der Waals surface area contributed by atoms with E-state index in [4.69, 9.17) is 26.7 Å². The Morgan fingerprint density at radius 1 is 0.672 bits per heavy atom. The van der Waals surface area contributed by atoms with Crippen LogP contribution in [-0.2, 0) is 56.1 Å². The fourth-order valence-corrected chi connectivity index (χ4v) is 6.15. The van der Waals surface area contributed by atoms with Crippen LogP contribution in [0.3, 0.4) is 0 Å². The predicted molar refractivity (Wildman–Crippen MR) is 199 cm³/mol. The van der Waals surface area contributed by atoms with Crippen LogP contribution in [0.5, 0.6) is 0 Å². The lowest BCUT2D eigenvalue weighted by Gasteiger charge is -2.20. The molecule has 0 aliphatic carbocycles. The second-order valence-corrected chi connectivity index (χ2v) is 14.9. The number of benzene rings is 2. The monoisotopic (exact) mass is 850 g/mol. The molecular formula is C35H38N4O17S2. The lowest BCUT2D eigenvalue weighted by molar-refractivity contribution is -0.402. The normalized spacial score (nSPS) is 11.1. The first-order chi connectivity index (χ1) is 27.4. The molecule has 0 radical (unpaired) electrons. The molecule has 2 aromatic carbocycles. The summed E-state index contributed by atoms with van der Waals surface area (Å²) in [6.45, 7) is 5.19. The van der Waals surface area contributed by atoms with E-state index in [0.29, 0.717) is 6.29 Å². The molecule has 0 aliphatic rings. The van der Waals surface area contributed by atoms with Crippen LogP contribution in [0, 0.1) is 34.1 Å². The zero-order valence-corrected chi connectivity index (χ0v) is 32.6. The fourth-order valence-electron chi connectivity index (χ4n) is 4.35. The highest BCUT2D eigenvalue weighted by Gasteiger charge is 2.22. The molecule has 58 heavy (non-hydrogen) atoms. The van der Waals surface area contributed by atoms with Crippen LogP contribution in [0.15, 0.2) is 104 Å². The molecule has 312 valence electrons. The molecule has 0 atom stereocenters. The molecule has 2 amide bonds. The van der Waals surface area contributed by atoms with Crippen molar-refractivity contribution in [2.75, 3.05) is 39.4 Å². The van der Waals surface area contributed by atoms with E-state index in [1.807, 2.05) is 6.92 Å². The molecule has 2 heterocycles. The molecule has 21 nitrogen and oxygen atoms in total. The van der Waals surface area contributed by atoms with Crippen molar-refractivity contribution < 1.29 is 67.7 Å². The summed E-state index contributed by atoms with van der Waals surface area (Å²) < 4.78 is 78.2. The number of hydrogen-bond acceptors (Lipinski definition) is 17. The van der Waals surface area contributed by atoms with Gasteiger partial charge >= 0.3 is 24.0 Å². The number of amides is 2. The van der Waals surface area contributed by atoms with Crippen LogP contribution in [0.2, 0.25) is 0 Å². The highest BCUT2D eigenvalue weighted by molar-refractivity contribution is 7.87. The first-order valence-corrected chi connectivity index (χ1v) is 19.5. The van der Waals surface area contributed by atoms with Gasteiger partial charge in [0.1, 0.15) is 27.7 Å². The summed E-state index contributed by atoms with van der Waals surface area (Å²) in [4.78, 5) is 56.8. The van der Waals surface area contributed by atoms with Crippen molar-refractivity contribution in [3.05, 3.63) is 128 Å². The Morgan fingerprint density at radius 3 is 1.38 bits per heavy atom. The average Bonchev–Trinajstić information content (AvgIpc) is 3.87. The maximum absolute atomic E-state index is 12.2. The number of rotatable bonds is 20. The molecule has 0 N–H and O–H groups in total. The highest BCUT2D eigenvalue weighted by Crippen LogP contribution is 2.19. The number of aryl methyl sites for hydroxylation is 2. The van der Waals surface area contributed by atoms with E-state index in [2.05, 4.69) is 6.58 Å². The van der Waals surface area contributed by atoms with Crippen LogP contribution in [0.4, 0.5) is 21.4 Å². The van der Waals surface area contributed by atoms with E-state index < -0.39 is 67.3 Å². The number of hydrogen-bond donors (Lipinski definition) is 0. The molecule has 23 heteroatoms. The summed E-state index contributed by atoms with van der Waals surface area (Å²) in [7, 11) is -7.98. The first-order valence-electron chi connectivity index (χ1n) is 16.7. The second kappa shape index (κ2) is 21.8. The number of nitrogens with zero attached hydrogens (tertiary/aromatic N) is 4. The van der Waals surface area contributed by atoms with Crippen LogP contribution in [-0.4, -0.2) is 94.3 Å². The van der Waals surface area contributed by atoms with Crippen molar-refractivity contribution >= 4 is 50.5 Å². The minimum Gasteiger partial charge on any atom is -0.441 e. The van der Waals surface area contributed by atoms with E-state index >= 15 is 0 Å². The molecule has 0 bridgehead atoms. The van der Waals surface area contributed by atoms with E-state index in [-0.39, 0.29) is 60.7 Å². The summed E-state index contributed by atoms with van der Waals surface area (Å²) in [5.41, 5.74) is 1.79. The summed E-state index contributed by atoms with van der Waals surface area (Å²) in [6.07, 6.45) is 0.161. The lowest BCUT2D eigenvalue weighted by Crippen LogP contribution is -2.36. The quantitative estimate of drug-likeness (QED) is 0.0369. The summed E-state index contributed by atoms with van der Waals surface area (Å²) in [5, 5.41) is 21.1. The third kappa shape index (κ3) is 14.6. The molecule has 4 aromatic rings. The molecule has 0 spiro atoms. The Balaban J connectivity index is 0.000000310. The maximum Gasteiger partial charge on any atom is 0.433 e. The Labute approximate surface area is 331 Å². The van der Waals surface area contributed by atoms with Gasteiger partial charge in [-0.1, -0.05) is 41.5 Å². The zero-order valence-electron chi connectivity index (χ0n) is 31.0. The molecule has 0 aliphatic heterocycles. The maximum atomic E-state index is 12.2. The van der Waals surface area contributed by atoms with Gasteiger partial charge < -0.3 is 28.0 Å². The molecule has 4 rings (SSSR count). The van der Waals surface area contributed by atoms with Gasteiger partial charge in [-0.2, -0.15) is 16.8 Å². The molecule has 0 unspecified atom stereocenters. The average molecular weight is 851 g/mol.